The van der Waals surface area contributed by atoms with E-state index in [2.05, 4.69) is 20.5 Å². The molecule has 5 heteroatoms. The van der Waals surface area contributed by atoms with Gasteiger partial charge in [0.2, 0.25) is 5.95 Å². The predicted octanol–water partition coefficient (Wildman–Crippen LogP) is 1.98. The first-order valence-corrected chi connectivity index (χ1v) is 4.93. The van der Waals surface area contributed by atoms with Crippen molar-refractivity contribution in [2.45, 2.75) is 0 Å². The molecule has 0 radical (unpaired) electrons. The molecule has 1 N–H and O–H groups in total. The van der Waals surface area contributed by atoms with Crippen molar-refractivity contribution >= 4 is 23.5 Å². The summed E-state index contributed by atoms with van der Waals surface area (Å²) in [6, 6.07) is 5.72. The van der Waals surface area contributed by atoms with Crippen LogP contribution in [0.5, 0.6) is 0 Å². The van der Waals surface area contributed by atoms with E-state index >= 15 is 0 Å². The lowest BCUT2D eigenvalue weighted by Crippen LogP contribution is -1.94. The number of hydrazone groups is 1. The first kappa shape index (κ1) is 8.83. The van der Waals surface area contributed by atoms with Gasteiger partial charge in [-0.3, -0.25) is 0 Å². The Morgan fingerprint density at radius 3 is 2.86 bits per heavy atom. The van der Waals surface area contributed by atoms with E-state index in [0.717, 1.165) is 4.88 Å². The van der Waals surface area contributed by atoms with Crippen LogP contribution in [0.3, 0.4) is 0 Å². The van der Waals surface area contributed by atoms with Crippen LogP contribution < -0.4 is 5.43 Å². The minimum Gasteiger partial charge on any atom is -0.245 e. The fourth-order valence-electron chi connectivity index (χ4n) is 0.875. The molecule has 2 aromatic rings. The highest BCUT2D eigenvalue weighted by Crippen LogP contribution is 2.04. The van der Waals surface area contributed by atoms with Crippen LogP contribution in [0.1, 0.15) is 4.88 Å². The van der Waals surface area contributed by atoms with E-state index in [-0.39, 0.29) is 0 Å². The van der Waals surface area contributed by atoms with Crippen molar-refractivity contribution < 1.29 is 0 Å². The molecule has 0 aromatic carbocycles. The first-order valence-electron chi connectivity index (χ1n) is 4.05. The van der Waals surface area contributed by atoms with Crippen LogP contribution in [0, 0.1) is 0 Å². The molecule has 14 heavy (non-hydrogen) atoms. The van der Waals surface area contributed by atoms with Crippen LogP contribution in [0.25, 0.3) is 0 Å². The van der Waals surface area contributed by atoms with E-state index in [1.165, 1.54) is 0 Å². The maximum Gasteiger partial charge on any atom is 0.243 e. The predicted molar refractivity (Wildman–Crippen MR) is 57.6 cm³/mol. The molecule has 2 heterocycles. The molecule has 0 atom stereocenters. The van der Waals surface area contributed by atoms with Crippen LogP contribution in [0.4, 0.5) is 5.95 Å². The Morgan fingerprint density at radius 1 is 1.29 bits per heavy atom. The second-order valence-corrected chi connectivity index (χ2v) is 3.44. The normalized spacial score (nSPS) is 10.6. The highest BCUT2D eigenvalue weighted by atomic mass is 32.1. The molecule has 0 fully saturated rings. The molecule has 0 aliphatic carbocycles. The summed E-state index contributed by atoms with van der Waals surface area (Å²) in [5, 5.41) is 5.99. The molecule has 0 amide bonds. The van der Waals surface area contributed by atoms with E-state index in [4.69, 9.17) is 0 Å². The van der Waals surface area contributed by atoms with Crippen molar-refractivity contribution in [2.75, 3.05) is 5.43 Å². The number of thiophene rings is 1. The van der Waals surface area contributed by atoms with Gasteiger partial charge in [-0.2, -0.15) is 5.10 Å². The van der Waals surface area contributed by atoms with Crippen molar-refractivity contribution in [2.24, 2.45) is 5.10 Å². The Hall–Kier alpha value is -1.75. The molecular weight excluding hydrogens is 196 g/mol. The number of nitrogens with zero attached hydrogens (tertiary/aromatic N) is 3. The van der Waals surface area contributed by atoms with Crippen LogP contribution in [0.2, 0.25) is 0 Å². The van der Waals surface area contributed by atoms with Crippen LogP contribution in [0.15, 0.2) is 41.1 Å². The van der Waals surface area contributed by atoms with Gasteiger partial charge in [-0.05, 0) is 17.5 Å². The van der Waals surface area contributed by atoms with E-state index < -0.39 is 0 Å². The molecule has 0 spiro atoms. The van der Waals surface area contributed by atoms with Crippen LogP contribution in [-0.4, -0.2) is 16.2 Å². The molecule has 0 saturated heterocycles. The van der Waals surface area contributed by atoms with Gasteiger partial charge >= 0.3 is 0 Å². The molecule has 2 aromatic heterocycles. The fourth-order valence-corrected chi connectivity index (χ4v) is 1.46. The summed E-state index contributed by atoms with van der Waals surface area (Å²) in [5.41, 5.74) is 2.74. The Labute approximate surface area is 85.3 Å². The van der Waals surface area contributed by atoms with Crippen molar-refractivity contribution in [3.63, 3.8) is 0 Å². The zero-order valence-corrected chi connectivity index (χ0v) is 8.11. The smallest absolute Gasteiger partial charge is 0.243 e. The Balaban J connectivity index is 1.95. The van der Waals surface area contributed by atoms with Gasteiger partial charge in [0.25, 0.3) is 0 Å². The van der Waals surface area contributed by atoms with Gasteiger partial charge in [-0.15, -0.1) is 11.3 Å². The summed E-state index contributed by atoms with van der Waals surface area (Å²) >= 11 is 1.63. The van der Waals surface area contributed by atoms with E-state index in [0.29, 0.717) is 5.95 Å². The molecule has 2 rings (SSSR count). The third-order valence-corrected chi connectivity index (χ3v) is 2.27. The van der Waals surface area contributed by atoms with Crippen LogP contribution in [-0.2, 0) is 0 Å². The van der Waals surface area contributed by atoms with Gasteiger partial charge in [0.1, 0.15) is 0 Å². The number of anilines is 1. The Bertz CT molecular complexity index is 396. The van der Waals surface area contributed by atoms with Gasteiger partial charge in [0, 0.05) is 17.3 Å². The number of rotatable bonds is 3. The monoisotopic (exact) mass is 204 g/mol. The standard InChI is InChI=1S/C9H8N4S/c1-3-8(14-6-1)7-12-13-9-10-4-2-5-11-9/h1-7H,(H,10,11,13)/b12-7+. The molecule has 0 saturated carbocycles. The molecule has 4 nitrogen and oxygen atoms in total. The number of hydrogen-bond donors (Lipinski definition) is 1. The van der Waals surface area contributed by atoms with E-state index in [9.17, 15) is 0 Å². The maximum atomic E-state index is 3.99. The van der Waals surface area contributed by atoms with Crippen molar-refractivity contribution in [1.82, 2.24) is 9.97 Å². The zero-order chi connectivity index (χ0) is 9.64. The zero-order valence-electron chi connectivity index (χ0n) is 7.29. The van der Waals surface area contributed by atoms with Gasteiger partial charge in [-0.1, -0.05) is 6.07 Å². The lowest BCUT2D eigenvalue weighted by Gasteiger charge is -1.94. The molecule has 70 valence electrons. The van der Waals surface area contributed by atoms with E-state index in [1.54, 1.807) is 36.0 Å². The quantitative estimate of drug-likeness (QED) is 0.614. The van der Waals surface area contributed by atoms with Crippen LogP contribution >= 0.6 is 11.3 Å². The minimum atomic E-state index is 0.500. The molecule has 0 aliphatic heterocycles. The van der Waals surface area contributed by atoms with Gasteiger partial charge in [-0.25, -0.2) is 15.4 Å². The number of aromatic nitrogens is 2. The van der Waals surface area contributed by atoms with Gasteiger partial charge in [0.15, 0.2) is 0 Å². The fraction of sp³-hybridized carbons (Fsp3) is 0. The highest BCUT2D eigenvalue weighted by Gasteiger charge is 1.89. The molecule has 0 aliphatic rings. The van der Waals surface area contributed by atoms with E-state index in [1.807, 2.05) is 17.5 Å². The maximum absolute atomic E-state index is 3.99. The summed E-state index contributed by atoms with van der Waals surface area (Å²) in [6.45, 7) is 0. The second-order valence-electron chi connectivity index (χ2n) is 2.46. The average Bonchev–Trinajstić information content (AvgIpc) is 2.72. The largest absolute Gasteiger partial charge is 0.245 e. The summed E-state index contributed by atoms with van der Waals surface area (Å²) < 4.78 is 0. The third-order valence-electron chi connectivity index (χ3n) is 1.47. The van der Waals surface area contributed by atoms with Crippen molar-refractivity contribution in [3.05, 3.63) is 40.8 Å². The first-order chi connectivity index (χ1) is 6.95. The van der Waals surface area contributed by atoms with Crippen molar-refractivity contribution in [3.8, 4) is 0 Å². The number of hydrogen-bond acceptors (Lipinski definition) is 5. The summed E-state index contributed by atoms with van der Waals surface area (Å²) in [5.74, 6) is 0.500. The lowest BCUT2D eigenvalue weighted by molar-refractivity contribution is 1.12. The Morgan fingerprint density at radius 2 is 2.14 bits per heavy atom. The second kappa shape index (κ2) is 4.48. The van der Waals surface area contributed by atoms with Gasteiger partial charge in [0.05, 0.1) is 6.21 Å². The summed E-state index contributed by atoms with van der Waals surface area (Å²) in [6.07, 6.45) is 5.06. The molecule has 0 unspecified atom stereocenters. The molecule has 0 bridgehead atoms. The van der Waals surface area contributed by atoms with Crippen molar-refractivity contribution in [1.29, 1.82) is 0 Å². The highest BCUT2D eigenvalue weighted by molar-refractivity contribution is 7.11. The summed E-state index contributed by atoms with van der Waals surface area (Å²) in [4.78, 5) is 9.02. The lowest BCUT2D eigenvalue weighted by atomic mass is 10.5. The topological polar surface area (TPSA) is 50.2 Å². The average molecular weight is 204 g/mol. The summed E-state index contributed by atoms with van der Waals surface area (Å²) in [7, 11) is 0. The van der Waals surface area contributed by atoms with Gasteiger partial charge < -0.3 is 0 Å². The molecular formula is C9H8N4S. The third kappa shape index (κ3) is 2.37. The SMILES string of the molecule is C(=N\Nc1ncccn1)/c1cccs1. The Kier molecular flexibility index (Phi) is 2.82. The minimum absolute atomic E-state index is 0.500. The number of nitrogens with one attached hydrogen (secondary N) is 1.